The Bertz CT molecular complexity index is 624. The summed E-state index contributed by atoms with van der Waals surface area (Å²) in [5.74, 6) is -2.46. The number of rotatable bonds is 2. The van der Waals surface area contributed by atoms with E-state index in [0.717, 1.165) is 25.9 Å². The molecule has 5 nitrogen and oxygen atoms in total. The molecule has 5 N–H and O–H groups in total. The van der Waals surface area contributed by atoms with Crippen LogP contribution in [0.25, 0.3) is 0 Å². The number of halogens is 6. The molecule has 0 radical (unpaired) electrons. The number of hydrogen-bond donors (Lipinski definition) is 4. The van der Waals surface area contributed by atoms with Gasteiger partial charge in [-0.1, -0.05) is 34.8 Å². The molecule has 2 rings (SSSR count). The molecule has 1 saturated heterocycles. The molecule has 11 heteroatoms. The molecule has 0 aliphatic carbocycles. The van der Waals surface area contributed by atoms with E-state index in [4.69, 9.17) is 50.4 Å². The summed E-state index contributed by atoms with van der Waals surface area (Å²) in [7, 11) is 0. The van der Waals surface area contributed by atoms with Crippen molar-refractivity contribution in [3.8, 4) is 5.75 Å². The van der Waals surface area contributed by atoms with Gasteiger partial charge in [0, 0.05) is 17.7 Å². The van der Waals surface area contributed by atoms with Crippen LogP contribution in [-0.2, 0) is 4.79 Å². The zero-order valence-corrected chi connectivity index (χ0v) is 15.0. The van der Waals surface area contributed by atoms with E-state index in [1.807, 2.05) is 0 Å². The van der Waals surface area contributed by atoms with Crippen LogP contribution in [-0.4, -0.2) is 35.4 Å². The lowest BCUT2D eigenvalue weighted by atomic mass is 9.86. The van der Waals surface area contributed by atoms with E-state index in [2.05, 4.69) is 5.32 Å². The van der Waals surface area contributed by atoms with Gasteiger partial charge in [0.25, 0.3) is 0 Å². The topological polar surface area (TPSA) is 95.6 Å². The van der Waals surface area contributed by atoms with Gasteiger partial charge in [-0.05, 0) is 31.8 Å². The molecule has 1 aliphatic heterocycles. The third kappa shape index (κ3) is 6.07. The van der Waals surface area contributed by atoms with Crippen molar-refractivity contribution in [3.63, 3.8) is 0 Å². The fourth-order valence-electron chi connectivity index (χ4n) is 2.35. The summed E-state index contributed by atoms with van der Waals surface area (Å²) in [4.78, 5) is 8.90. The SMILES string of the molecule is N[C@@H](c1c(O)cc(Cl)c(Cl)c1Cl)C1CCNCC1.O=C(O)C(F)(F)F. The summed E-state index contributed by atoms with van der Waals surface area (Å²) in [5, 5.41) is 21.1. The van der Waals surface area contributed by atoms with E-state index in [1.54, 1.807) is 0 Å². The highest BCUT2D eigenvalue weighted by Gasteiger charge is 2.38. The standard InChI is InChI=1S/C12H15Cl3N2O.C2HF3O2/c13-7-5-8(18)9(11(15)10(7)14)12(16)6-1-3-17-4-2-6;3-2(4,5)1(6)7/h5-6,12,17-18H,1-4,16H2;(H,6,7)/t12-;/m1./s1. The molecule has 0 amide bonds. The number of phenolic OH excluding ortho intramolecular Hbond substituents is 1. The van der Waals surface area contributed by atoms with Gasteiger partial charge in [-0.25, -0.2) is 4.79 Å². The van der Waals surface area contributed by atoms with Crippen molar-refractivity contribution in [2.45, 2.75) is 25.1 Å². The smallest absolute Gasteiger partial charge is 0.490 e. The second kappa shape index (κ2) is 9.14. The van der Waals surface area contributed by atoms with E-state index in [9.17, 15) is 18.3 Å². The molecule has 1 heterocycles. The lowest BCUT2D eigenvalue weighted by Crippen LogP contribution is -2.34. The van der Waals surface area contributed by atoms with Crippen LogP contribution >= 0.6 is 34.8 Å². The lowest BCUT2D eigenvalue weighted by molar-refractivity contribution is -0.192. The van der Waals surface area contributed by atoms with Gasteiger partial charge >= 0.3 is 12.1 Å². The number of alkyl halides is 3. The van der Waals surface area contributed by atoms with Crippen LogP contribution in [0.3, 0.4) is 0 Å². The van der Waals surface area contributed by atoms with Crippen molar-refractivity contribution in [1.29, 1.82) is 0 Å². The number of piperidine rings is 1. The Morgan fingerprint density at radius 3 is 2.16 bits per heavy atom. The van der Waals surface area contributed by atoms with Crippen LogP contribution in [0, 0.1) is 5.92 Å². The third-order valence-electron chi connectivity index (χ3n) is 3.65. The average Bonchev–Trinajstić information content (AvgIpc) is 2.53. The Hall–Kier alpha value is -0.930. The minimum Gasteiger partial charge on any atom is -0.507 e. The first-order valence-corrected chi connectivity index (χ1v) is 8.23. The van der Waals surface area contributed by atoms with Crippen LogP contribution in [0.5, 0.6) is 5.75 Å². The van der Waals surface area contributed by atoms with Gasteiger partial charge < -0.3 is 21.3 Å². The monoisotopic (exact) mass is 422 g/mol. The highest BCUT2D eigenvalue weighted by Crippen LogP contribution is 2.43. The second-order valence-corrected chi connectivity index (χ2v) is 6.50. The second-order valence-electron chi connectivity index (χ2n) is 5.34. The Kier molecular flexibility index (Phi) is 8.08. The van der Waals surface area contributed by atoms with Crippen molar-refractivity contribution in [1.82, 2.24) is 5.32 Å². The highest BCUT2D eigenvalue weighted by atomic mass is 35.5. The normalized spacial score (nSPS) is 16.8. The number of benzene rings is 1. The van der Waals surface area contributed by atoms with Crippen molar-refractivity contribution in [2.24, 2.45) is 11.7 Å². The Morgan fingerprint density at radius 2 is 1.72 bits per heavy atom. The molecule has 0 unspecified atom stereocenters. The van der Waals surface area contributed by atoms with Crippen LogP contribution < -0.4 is 11.1 Å². The maximum absolute atomic E-state index is 10.6. The van der Waals surface area contributed by atoms with E-state index < -0.39 is 12.1 Å². The number of carbonyl (C=O) groups is 1. The third-order valence-corrected chi connectivity index (χ3v) is 4.92. The summed E-state index contributed by atoms with van der Waals surface area (Å²) in [6.07, 6.45) is -3.17. The van der Waals surface area contributed by atoms with Gasteiger partial charge in [-0.15, -0.1) is 0 Å². The van der Waals surface area contributed by atoms with Gasteiger partial charge in [0.2, 0.25) is 0 Å². The van der Waals surface area contributed by atoms with Crippen LogP contribution in [0.15, 0.2) is 6.07 Å². The number of carboxylic acid groups (broad SMARTS) is 1. The summed E-state index contributed by atoms with van der Waals surface area (Å²) in [5.41, 5.74) is 6.71. The fraction of sp³-hybridized carbons (Fsp3) is 0.500. The molecular weight excluding hydrogens is 408 g/mol. The predicted octanol–water partition coefficient (Wildman–Crippen LogP) is 3.99. The highest BCUT2D eigenvalue weighted by molar-refractivity contribution is 6.48. The molecule has 1 aromatic rings. The maximum atomic E-state index is 10.6. The molecule has 142 valence electrons. The summed E-state index contributed by atoms with van der Waals surface area (Å²) >= 11 is 18.0. The van der Waals surface area contributed by atoms with Gasteiger partial charge in [-0.3, -0.25) is 0 Å². The van der Waals surface area contributed by atoms with Gasteiger partial charge in [-0.2, -0.15) is 13.2 Å². The summed E-state index contributed by atoms with van der Waals surface area (Å²) in [6, 6.07) is 1.07. The van der Waals surface area contributed by atoms with Crippen molar-refractivity contribution < 1.29 is 28.2 Å². The number of nitrogens with one attached hydrogen (secondary N) is 1. The van der Waals surface area contributed by atoms with Crippen molar-refractivity contribution in [3.05, 3.63) is 26.7 Å². The molecule has 0 aromatic heterocycles. The van der Waals surface area contributed by atoms with Crippen LogP contribution in [0.4, 0.5) is 13.2 Å². The number of aliphatic carboxylic acids is 1. The number of aromatic hydroxyl groups is 1. The zero-order valence-electron chi connectivity index (χ0n) is 12.7. The maximum Gasteiger partial charge on any atom is 0.490 e. The van der Waals surface area contributed by atoms with Crippen molar-refractivity contribution in [2.75, 3.05) is 13.1 Å². The van der Waals surface area contributed by atoms with Crippen molar-refractivity contribution >= 4 is 40.8 Å². The van der Waals surface area contributed by atoms with E-state index >= 15 is 0 Å². The zero-order chi connectivity index (χ0) is 19.4. The number of nitrogens with two attached hydrogens (primary N) is 1. The molecule has 0 saturated carbocycles. The van der Waals surface area contributed by atoms with Crippen LogP contribution in [0.2, 0.25) is 15.1 Å². The van der Waals surface area contributed by atoms with Gasteiger partial charge in [0.05, 0.1) is 15.1 Å². The predicted molar refractivity (Wildman–Crippen MR) is 89.3 cm³/mol. The van der Waals surface area contributed by atoms with E-state index in [-0.39, 0.29) is 32.8 Å². The Morgan fingerprint density at radius 1 is 1.24 bits per heavy atom. The summed E-state index contributed by atoms with van der Waals surface area (Å²) < 4.78 is 31.7. The molecule has 0 bridgehead atoms. The number of carboxylic acids is 1. The molecule has 1 aliphatic rings. The van der Waals surface area contributed by atoms with Gasteiger partial charge in [0.15, 0.2) is 0 Å². The first kappa shape index (κ1) is 22.1. The largest absolute Gasteiger partial charge is 0.507 e. The quantitative estimate of drug-likeness (QED) is 0.540. The average molecular weight is 424 g/mol. The minimum absolute atomic E-state index is 0.0143. The van der Waals surface area contributed by atoms with E-state index in [0.29, 0.717) is 5.56 Å². The fourth-order valence-corrected chi connectivity index (χ4v) is 3.08. The molecular formula is C14H16Cl3F3N2O3. The molecule has 25 heavy (non-hydrogen) atoms. The Labute approximate surface area is 156 Å². The first-order chi connectivity index (χ1) is 11.5. The number of hydrogen-bond acceptors (Lipinski definition) is 4. The summed E-state index contributed by atoms with van der Waals surface area (Å²) in [6.45, 7) is 1.86. The van der Waals surface area contributed by atoms with Gasteiger partial charge in [0.1, 0.15) is 5.75 Å². The minimum atomic E-state index is -5.08. The number of phenols is 1. The van der Waals surface area contributed by atoms with E-state index in [1.165, 1.54) is 6.07 Å². The molecule has 0 spiro atoms. The Balaban J connectivity index is 0.000000381. The lowest BCUT2D eigenvalue weighted by Gasteiger charge is -2.29. The first-order valence-electron chi connectivity index (χ1n) is 7.09. The molecule has 1 fully saturated rings. The molecule has 1 atom stereocenters. The van der Waals surface area contributed by atoms with Crippen LogP contribution in [0.1, 0.15) is 24.4 Å². The molecule has 1 aromatic carbocycles.